The summed E-state index contributed by atoms with van der Waals surface area (Å²) in [6.07, 6.45) is 0. The van der Waals surface area contributed by atoms with E-state index in [-0.39, 0.29) is 5.41 Å². The first-order valence-electron chi connectivity index (χ1n) is 6.54. The molecular formula is C15H23N3. The highest BCUT2D eigenvalue weighted by molar-refractivity contribution is 5.47. The van der Waals surface area contributed by atoms with Crippen LogP contribution in [0.25, 0.3) is 5.65 Å². The van der Waals surface area contributed by atoms with E-state index in [9.17, 15) is 0 Å². The number of aryl methyl sites for hydroxylation is 1. The molecule has 0 aliphatic carbocycles. The van der Waals surface area contributed by atoms with Gasteiger partial charge in [-0.1, -0.05) is 33.8 Å². The fourth-order valence-corrected chi connectivity index (χ4v) is 2.40. The lowest BCUT2D eigenvalue weighted by Gasteiger charge is -2.21. The Hall–Kier alpha value is -1.35. The van der Waals surface area contributed by atoms with Gasteiger partial charge in [-0.3, -0.25) is 0 Å². The average Bonchev–Trinajstić information content (AvgIpc) is 2.68. The van der Waals surface area contributed by atoms with E-state index in [1.165, 1.54) is 11.4 Å². The Morgan fingerprint density at radius 3 is 2.56 bits per heavy atom. The first kappa shape index (κ1) is 13.1. The van der Waals surface area contributed by atoms with E-state index >= 15 is 0 Å². The number of rotatable bonds is 2. The summed E-state index contributed by atoms with van der Waals surface area (Å²) < 4.78 is 2.25. The standard InChI is InChI=1S/C15H23N3/c1-10(9-16)13-14(15(3,4)5)17-12-8-6-7-11(2)18(12)13/h6-8,10H,9,16H2,1-5H3. The molecule has 0 saturated heterocycles. The van der Waals surface area contributed by atoms with Crippen LogP contribution in [0.1, 0.15) is 50.7 Å². The van der Waals surface area contributed by atoms with Crippen molar-refractivity contribution in [1.82, 2.24) is 9.38 Å². The molecule has 0 amide bonds. The highest BCUT2D eigenvalue weighted by Crippen LogP contribution is 2.31. The first-order valence-corrected chi connectivity index (χ1v) is 6.54. The van der Waals surface area contributed by atoms with Crippen molar-refractivity contribution in [3.63, 3.8) is 0 Å². The van der Waals surface area contributed by atoms with Gasteiger partial charge < -0.3 is 10.1 Å². The highest BCUT2D eigenvalue weighted by Gasteiger charge is 2.26. The Labute approximate surface area is 109 Å². The SMILES string of the molecule is Cc1cccc2nc(C(C)(C)C)c(C(C)CN)n12. The number of nitrogens with zero attached hydrogens (tertiary/aromatic N) is 2. The van der Waals surface area contributed by atoms with Crippen molar-refractivity contribution in [2.24, 2.45) is 5.73 Å². The largest absolute Gasteiger partial charge is 0.330 e. The van der Waals surface area contributed by atoms with Crippen molar-refractivity contribution in [3.8, 4) is 0 Å². The molecule has 0 aromatic carbocycles. The topological polar surface area (TPSA) is 43.3 Å². The van der Waals surface area contributed by atoms with Crippen molar-refractivity contribution < 1.29 is 0 Å². The second-order valence-electron chi connectivity index (χ2n) is 6.09. The van der Waals surface area contributed by atoms with Crippen LogP contribution in [0.5, 0.6) is 0 Å². The molecule has 1 atom stereocenters. The quantitative estimate of drug-likeness (QED) is 0.884. The second kappa shape index (κ2) is 4.39. The van der Waals surface area contributed by atoms with Crippen LogP contribution in [0.3, 0.4) is 0 Å². The first-order chi connectivity index (χ1) is 8.36. The zero-order valence-electron chi connectivity index (χ0n) is 12.0. The van der Waals surface area contributed by atoms with E-state index in [1.54, 1.807) is 0 Å². The third kappa shape index (κ3) is 2.03. The molecule has 18 heavy (non-hydrogen) atoms. The number of imidazole rings is 1. The van der Waals surface area contributed by atoms with Gasteiger partial charge in [-0.15, -0.1) is 0 Å². The van der Waals surface area contributed by atoms with Crippen LogP contribution in [0.2, 0.25) is 0 Å². The molecule has 0 radical (unpaired) electrons. The number of nitrogens with two attached hydrogens (primary N) is 1. The predicted molar refractivity (Wildman–Crippen MR) is 76.1 cm³/mol. The van der Waals surface area contributed by atoms with Gasteiger partial charge >= 0.3 is 0 Å². The summed E-state index contributed by atoms with van der Waals surface area (Å²) in [5, 5.41) is 0. The van der Waals surface area contributed by atoms with Crippen LogP contribution in [0.15, 0.2) is 18.2 Å². The van der Waals surface area contributed by atoms with Gasteiger partial charge in [0.1, 0.15) is 5.65 Å². The Kier molecular flexibility index (Phi) is 3.20. The van der Waals surface area contributed by atoms with Gasteiger partial charge in [-0.05, 0) is 19.1 Å². The summed E-state index contributed by atoms with van der Waals surface area (Å²) in [6.45, 7) is 11.6. The molecule has 2 N–H and O–H groups in total. The molecule has 0 aliphatic rings. The molecule has 0 bridgehead atoms. The van der Waals surface area contributed by atoms with Crippen LogP contribution in [-0.4, -0.2) is 15.9 Å². The van der Waals surface area contributed by atoms with E-state index in [0.29, 0.717) is 12.5 Å². The number of aromatic nitrogens is 2. The summed E-state index contributed by atoms with van der Waals surface area (Å²) in [6, 6.07) is 6.24. The number of hydrogen-bond donors (Lipinski definition) is 1. The minimum atomic E-state index is 0.0389. The van der Waals surface area contributed by atoms with Gasteiger partial charge in [0, 0.05) is 23.6 Å². The van der Waals surface area contributed by atoms with E-state index in [4.69, 9.17) is 10.7 Å². The maximum atomic E-state index is 5.88. The van der Waals surface area contributed by atoms with Crippen LogP contribution >= 0.6 is 0 Å². The van der Waals surface area contributed by atoms with Gasteiger partial charge in [-0.2, -0.15) is 0 Å². The van der Waals surface area contributed by atoms with Gasteiger partial charge in [-0.25, -0.2) is 4.98 Å². The van der Waals surface area contributed by atoms with Crippen molar-refractivity contribution in [1.29, 1.82) is 0 Å². The van der Waals surface area contributed by atoms with Crippen molar-refractivity contribution >= 4 is 5.65 Å². The van der Waals surface area contributed by atoms with Crippen molar-refractivity contribution in [3.05, 3.63) is 35.3 Å². The molecule has 0 spiro atoms. The zero-order valence-corrected chi connectivity index (χ0v) is 12.0. The minimum absolute atomic E-state index is 0.0389. The monoisotopic (exact) mass is 245 g/mol. The van der Waals surface area contributed by atoms with Crippen LogP contribution in [0, 0.1) is 6.92 Å². The van der Waals surface area contributed by atoms with Crippen LogP contribution in [-0.2, 0) is 5.41 Å². The molecule has 3 heteroatoms. The molecular weight excluding hydrogens is 222 g/mol. The Bertz CT molecular complexity index is 561. The molecule has 0 aliphatic heterocycles. The molecule has 2 heterocycles. The van der Waals surface area contributed by atoms with Crippen LogP contribution in [0.4, 0.5) is 0 Å². The number of hydrogen-bond acceptors (Lipinski definition) is 2. The summed E-state index contributed by atoms with van der Waals surface area (Å²) in [5.74, 6) is 0.315. The smallest absolute Gasteiger partial charge is 0.137 e. The molecule has 0 fully saturated rings. The molecule has 2 aromatic heterocycles. The normalized spacial score (nSPS) is 14.1. The van der Waals surface area contributed by atoms with Crippen LogP contribution < -0.4 is 5.73 Å². The number of fused-ring (bicyclic) bond motifs is 1. The third-order valence-corrected chi connectivity index (χ3v) is 3.41. The van der Waals surface area contributed by atoms with E-state index < -0.39 is 0 Å². The summed E-state index contributed by atoms with van der Waals surface area (Å²) in [5.41, 5.74) is 10.6. The van der Waals surface area contributed by atoms with Gasteiger partial charge in [0.15, 0.2) is 0 Å². The lowest BCUT2D eigenvalue weighted by molar-refractivity contribution is 0.553. The minimum Gasteiger partial charge on any atom is -0.330 e. The lowest BCUT2D eigenvalue weighted by atomic mass is 9.87. The molecule has 2 aromatic rings. The maximum absolute atomic E-state index is 5.88. The molecule has 1 unspecified atom stereocenters. The zero-order chi connectivity index (χ0) is 13.5. The van der Waals surface area contributed by atoms with E-state index in [2.05, 4.69) is 57.2 Å². The summed E-state index contributed by atoms with van der Waals surface area (Å²) in [7, 11) is 0. The molecule has 0 saturated carbocycles. The predicted octanol–water partition coefficient (Wildman–Crippen LogP) is 3.00. The van der Waals surface area contributed by atoms with Gasteiger partial charge in [0.25, 0.3) is 0 Å². The van der Waals surface area contributed by atoms with Gasteiger partial charge in [0.05, 0.1) is 11.4 Å². The molecule has 2 rings (SSSR count). The second-order valence-corrected chi connectivity index (χ2v) is 6.09. The Balaban J connectivity index is 2.83. The summed E-state index contributed by atoms with van der Waals surface area (Å²) in [4.78, 5) is 4.82. The average molecular weight is 245 g/mol. The maximum Gasteiger partial charge on any atom is 0.137 e. The third-order valence-electron chi connectivity index (χ3n) is 3.41. The number of pyridine rings is 1. The van der Waals surface area contributed by atoms with E-state index in [1.807, 2.05) is 0 Å². The Morgan fingerprint density at radius 2 is 2.00 bits per heavy atom. The summed E-state index contributed by atoms with van der Waals surface area (Å²) >= 11 is 0. The highest BCUT2D eigenvalue weighted by atomic mass is 15.0. The fourth-order valence-electron chi connectivity index (χ4n) is 2.40. The molecule has 3 nitrogen and oxygen atoms in total. The Morgan fingerprint density at radius 1 is 1.33 bits per heavy atom. The van der Waals surface area contributed by atoms with Crippen molar-refractivity contribution in [2.75, 3.05) is 6.54 Å². The van der Waals surface area contributed by atoms with Crippen molar-refractivity contribution in [2.45, 2.75) is 46.0 Å². The lowest BCUT2D eigenvalue weighted by Crippen LogP contribution is -2.20. The van der Waals surface area contributed by atoms with Gasteiger partial charge in [0.2, 0.25) is 0 Å². The molecule has 98 valence electrons. The fraction of sp³-hybridized carbons (Fsp3) is 0.533. The van der Waals surface area contributed by atoms with E-state index in [0.717, 1.165) is 11.3 Å².